The Balaban J connectivity index is 1.49. The van der Waals surface area contributed by atoms with E-state index in [1.54, 1.807) is 12.1 Å². The van der Waals surface area contributed by atoms with Gasteiger partial charge < -0.3 is 5.32 Å². The maximum absolute atomic E-state index is 13.4. The van der Waals surface area contributed by atoms with Crippen molar-refractivity contribution in [2.45, 2.75) is 37.1 Å². The van der Waals surface area contributed by atoms with Crippen molar-refractivity contribution in [1.29, 1.82) is 0 Å². The second kappa shape index (κ2) is 7.78. The van der Waals surface area contributed by atoms with Crippen LogP contribution >= 0.6 is 0 Å². The molecule has 3 aromatic rings. The number of hydrogen-bond acceptors (Lipinski definition) is 3. The molecule has 0 saturated carbocycles. The van der Waals surface area contributed by atoms with Gasteiger partial charge in [-0.2, -0.15) is 0 Å². The highest BCUT2D eigenvalue weighted by atomic mass is 32.2. The minimum atomic E-state index is -3.73. The molecule has 1 aliphatic heterocycles. The number of rotatable bonds is 4. The molecule has 2 N–H and O–H groups in total. The Bertz CT molecular complexity index is 1320. The molecule has 0 amide bonds. The number of halogens is 1. The van der Waals surface area contributed by atoms with Crippen LogP contribution in [0.2, 0.25) is 0 Å². The largest absolute Gasteiger partial charge is 0.378 e. The summed E-state index contributed by atoms with van der Waals surface area (Å²) in [5.74, 6) is 0.104. The molecule has 0 bridgehead atoms. The Morgan fingerprint density at radius 3 is 2.56 bits per heavy atom. The number of sulfonamides is 1. The Morgan fingerprint density at radius 2 is 1.78 bits per heavy atom. The van der Waals surface area contributed by atoms with Crippen LogP contribution in [-0.4, -0.2) is 8.42 Å². The molecule has 0 fully saturated rings. The van der Waals surface area contributed by atoms with Crippen LogP contribution in [-0.2, 0) is 10.0 Å². The average Bonchev–Trinajstić information content (AvgIpc) is 3.26. The van der Waals surface area contributed by atoms with E-state index in [0.29, 0.717) is 5.69 Å². The third kappa shape index (κ3) is 3.69. The van der Waals surface area contributed by atoms with E-state index in [4.69, 9.17) is 0 Å². The van der Waals surface area contributed by atoms with Crippen molar-refractivity contribution >= 4 is 21.4 Å². The Labute approximate surface area is 188 Å². The molecular formula is C26H25FN2O2S. The summed E-state index contributed by atoms with van der Waals surface area (Å²) in [4.78, 5) is 0.248. The molecule has 32 heavy (non-hydrogen) atoms. The van der Waals surface area contributed by atoms with Gasteiger partial charge in [0.1, 0.15) is 5.82 Å². The molecule has 3 aromatic carbocycles. The molecule has 4 nitrogen and oxygen atoms in total. The molecule has 3 atom stereocenters. The fraction of sp³-hybridized carbons (Fsp3) is 0.231. The molecule has 2 aliphatic rings. The quantitative estimate of drug-likeness (QED) is 0.476. The Kier molecular flexibility index (Phi) is 5.05. The standard InChI is InChI=1S/C26H25FN2O2S/c1-16-6-7-17(2)25(14-16)29-32(30,31)20-12-13-24-23(15-20)21-4-3-5-22(21)26(28-24)18-8-10-19(27)11-9-18/h3-4,6-15,21-22,26,28-29H,5H2,1-2H3/t21-,22+,26+/m0/s1. The van der Waals surface area contributed by atoms with Gasteiger partial charge in [0.15, 0.2) is 0 Å². The van der Waals surface area contributed by atoms with Crippen LogP contribution in [0.25, 0.3) is 0 Å². The number of benzene rings is 3. The Morgan fingerprint density at radius 1 is 1.00 bits per heavy atom. The molecular weight excluding hydrogens is 423 g/mol. The van der Waals surface area contributed by atoms with Gasteiger partial charge in [-0.1, -0.05) is 36.4 Å². The zero-order valence-corrected chi connectivity index (χ0v) is 18.8. The fourth-order valence-electron chi connectivity index (χ4n) is 4.79. The van der Waals surface area contributed by atoms with E-state index >= 15 is 0 Å². The molecule has 0 saturated heterocycles. The van der Waals surface area contributed by atoms with Crippen LogP contribution < -0.4 is 10.0 Å². The molecule has 1 aliphatic carbocycles. The van der Waals surface area contributed by atoms with Crippen molar-refractivity contribution in [3.8, 4) is 0 Å². The van der Waals surface area contributed by atoms with E-state index in [2.05, 4.69) is 22.2 Å². The van der Waals surface area contributed by atoms with Crippen molar-refractivity contribution in [3.05, 3.63) is 101 Å². The second-order valence-electron chi connectivity index (χ2n) is 8.70. The van der Waals surface area contributed by atoms with E-state index in [-0.39, 0.29) is 28.6 Å². The lowest BCUT2D eigenvalue weighted by molar-refractivity contribution is 0.424. The predicted molar refractivity (Wildman–Crippen MR) is 126 cm³/mol. The lowest BCUT2D eigenvalue weighted by Gasteiger charge is -2.37. The molecule has 1 heterocycles. The van der Waals surface area contributed by atoms with Gasteiger partial charge in [0.05, 0.1) is 16.6 Å². The first-order chi connectivity index (χ1) is 15.3. The van der Waals surface area contributed by atoms with E-state index in [1.807, 2.05) is 50.2 Å². The summed E-state index contributed by atoms with van der Waals surface area (Å²) >= 11 is 0. The van der Waals surface area contributed by atoms with Crippen LogP contribution in [0, 0.1) is 25.6 Å². The molecule has 0 aromatic heterocycles. The molecule has 164 valence electrons. The summed E-state index contributed by atoms with van der Waals surface area (Å²) in [7, 11) is -3.73. The lowest BCUT2D eigenvalue weighted by atomic mass is 9.77. The normalized spacial score (nSPS) is 21.5. The first-order valence-electron chi connectivity index (χ1n) is 10.7. The summed E-state index contributed by atoms with van der Waals surface area (Å²) < 4.78 is 42.5. The minimum absolute atomic E-state index is 0.0404. The van der Waals surface area contributed by atoms with Crippen molar-refractivity contribution in [3.63, 3.8) is 0 Å². The summed E-state index contributed by atoms with van der Waals surface area (Å²) in [5, 5.41) is 3.57. The van der Waals surface area contributed by atoms with Crippen LogP contribution in [0.3, 0.4) is 0 Å². The smallest absolute Gasteiger partial charge is 0.261 e. The predicted octanol–water partition coefficient (Wildman–Crippen LogP) is 6.07. The number of fused-ring (bicyclic) bond motifs is 3. The van der Waals surface area contributed by atoms with E-state index in [0.717, 1.165) is 34.4 Å². The first-order valence-corrected chi connectivity index (χ1v) is 12.2. The maximum Gasteiger partial charge on any atom is 0.261 e. The second-order valence-corrected chi connectivity index (χ2v) is 10.4. The van der Waals surface area contributed by atoms with Gasteiger partial charge in [0.25, 0.3) is 10.0 Å². The molecule has 0 unspecified atom stereocenters. The summed E-state index contributed by atoms with van der Waals surface area (Å²) in [6.45, 7) is 3.82. The van der Waals surface area contributed by atoms with Crippen molar-refractivity contribution in [1.82, 2.24) is 0 Å². The van der Waals surface area contributed by atoms with Gasteiger partial charge in [-0.3, -0.25) is 4.72 Å². The summed E-state index contributed by atoms with van der Waals surface area (Å²) in [6, 6.07) is 17.6. The van der Waals surface area contributed by atoms with Gasteiger partial charge in [0, 0.05) is 11.6 Å². The number of nitrogens with one attached hydrogen (secondary N) is 2. The van der Waals surface area contributed by atoms with Gasteiger partial charge in [-0.25, -0.2) is 12.8 Å². The lowest BCUT2D eigenvalue weighted by Crippen LogP contribution is -2.29. The highest BCUT2D eigenvalue weighted by Gasteiger charge is 2.38. The fourth-order valence-corrected chi connectivity index (χ4v) is 5.95. The van der Waals surface area contributed by atoms with Gasteiger partial charge >= 0.3 is 0 Å². The third-order valence-corrected chi connectivity index (χ3v) is 7.87. The minimum Gasteiger partial charge on any atom is -0.378 e. The molecule has 0 radical (unpaired) electrons. The van der Waals surface area contributed by atoms with Crippen LogP contribution in [0.4, 0.5) is 15.8 Å². The maximum atomic E-state index is 13.4. The van der Waals surface area contributed by atoms with Crippen LogP contribution in [0.15, 0.2) is 77.7 Å². The molecule has 0 spiro atoms. The topological polar surface area (TPSA) is 58.2 Å². The number of anilines is 2. The number of allylic oxidation sites excluding steroid dienone is 2. The van der Waals surface area contributed by atoms with Gasteiger partial charge in [-0.05, 0) is 84.8 Å². The molecule has 6 heteroatoms. The summed E-state index contributed by atoms with van der Waals surface area (Å²) in [5.41, 5.74) is 5.39. The monoisotopic (exact) mass is 448 g/mol. The zero-order valence-electron chi connectivity index (χ0n) is 18.0. The van der Waals surface area contributed by atoms with Gasteiger partial charge in [-0.15, -0.1) is 0 Å². The van der Waals surface area contributed by atoms with Crippen LogP contribution in [0.1, 0.15) is 40.6 Å². The van der Waals surface area contributed by atoms with Crippen molar-refractivity contribution in [2.24, 2.45) is 5.92 Å². The highest BCUT2D eigenvalue weighted by molar-refractivity contribution is 7.92. The zero-order chi connectivity index (χ0) is 22.5. The third-order valence-electron chi connectivity index (χ3n) is 6.51. The molecule has 5 rings (SSSR count). The number of hydrogen-bond donors (Lipinski definition) is 2. The first kappa shape index (κ1) is 20.8. The van der Waals surface area contributed by atoms with E-state index in [1.165, 1.54) is 12.1 Å². The Hall–Kier alpha value is -3.12. The number of aryl methyl sites for hydroxylation is 2. The van der Waals surface area contributed by atoms with Crippen molar-refractivity contribution < 1.29 is 12.8 Å². The summed E-state index contributed by atoms with van der Waals surface area (Å²) in [6.07, 6.45) is 5.20. The highest BCUT2D eigenvalue weighted by Crippen LogP contribution is 2.50. The van der Waals surface area contributed by atoms with E-state index < -0.39 is 10.0 Å². The average molecular weight is 449 g/mol. The SMILES string of the molecule is Cc1ccc(C)c(NS(=O)(=O)c2ccc3c(c2)[C@H]2C=CC[C@H]2[C@@H](c2ccc(F)cc2)N3)c1. The van der Waals surface area contributed by atoms with Crippen molar-refractivity contribution in [2.75, 3.05) is 10.0 Å². The van der Waals surface area contributed by atoms with Gasteiger partial charge in [0.2, 0.25) is 0 Å². The van der Waals surface area contributed by atoms with E-state index in [9.17, 15) is 12.8 Å². The van der Waals surface area contributed by atoms with Crippen LogP contribution in [0.5, 0.6) is 0 Å².